The Kier molecular flexibility index (Phi) is 9.02. The Morgan fingerprint density at radius 2 is 1.82 bits per heavy atom. The topological polar surface area (TPSA) is 52.6 Å². The Morgan fingerprint density at radius 3 is 2.18 bits per heavy atom. The monoisotopic (exact) mass is 176 g/mol. The third kappa shape index (κ3) is 9.47. The molecule has 0 rings (SSSR count). The van der Waals surface area contributed by atoms with Gasteiger partial charge in [-0.05, 0) is 6.92 Å². The van der Waals surface area contributed by atoms with E-state index < -0.39 is 11.9 Å². The van der Waals surface area contributed by atoms with Crippen molar-refractivity contribution in [1.82, 2.24) is 0 Å². The molecule has 0 amide bonds. The summed E-state index contributed by atoms with van der Waals surface area (Å²) in [6.07, 6.45) is 0. The second-order valence-electron chi connectivity index (χ2n) is 1.59. The van der Waals surface area contributed by atoms with E-state index in [0.717, 1.165) is 0 Å². The van der Waals surface area contributed by atoms with Crippen molar-refractivity contribution in [2.75, 3.05) is 13.2 Å². The first-order valence-corrected chi connectivity index (χ1v) is 2.95. The van der Waals surface area contributed by atoms with Crippen molar-refractivity contribution in [2.45, 2.75) is 13.8 Å². The zero-order valence-corrected chi connectivity index (χ0v) is 6.05. The Morgan fingerprint density at radius 1 is 1.27 bits per heavy atom. The highest BCUT2D eigenvalue weighted by atomic mass is 27.0. The molecule has 11 heavy (non-hydrogen) atoms. The lowest BCUT2D eigenvalue weighted by Crippen LogP contribution is -2.14. The summed E-state index contributed by atoms with van der Waals surface area (Å²) in [6.45, 7) is 2.94. The molecule has 0 aromatic rings. The minimum Gasteiger partial charge on any atom is -0.463 e. The molecular weight excluding hydrogens is 163 g/mol. The van der Waals surface area contributed by atoms with Gasteiger partial charge in [-0.3, -0.25) is 4.79 Å². The lowest BCUT2D eigenvalue weighted by Gasteiger charge is -2.00. The Labute approximate surface area is 76.0 Å². The molecule has 0 fully saturated rings. The number of esters is 2. The molecular formula is C6H13AlO4. The lowest BCUT2D eigenvalue weighted by atomic mass is 10.7. The maximum absolute atomic E-state index is 10.4. The molecule has 0 atom stereocenters. The zero-order chi connectivity index (χ0) is 7.98. The standard InChI is InChI=1S/C6H10O4.Al.3H/c1-3-9-6(8)4-10-5(2)7;;;;/h3-4H2,1-2H3;;;;. The molecule has 0 spiro atoms. The number of hydrogen-bond acceptors (Lipinski definition) is 4. The summed E-state index contributed by atoms with van der Waals surface area (Å²) in [5.74, 6) is -0.995. The number of rotatable bonds is 3. The summed E-state index contributed by atoms with van der Waals surface area (Å²) in [7, 11) is 0. The van der Waals surface area contributed by atoms with Gasteiger partial charge in [-0.2, -0.15) is 0 Å². The third-order valence-electron chi connectivity index (χ3n) is 0.699. The van der Waals surface area contributed by atoms with Gasteiger partial charge in [0.25, 0.3) is 0 Å². The zero-order valence-electron chi connectivity index (χ0n) is 6.05. The van der Waals surface area contributed by atoms with E-state index in [9.17, 15) is 9.59 Å². The second-order valence-corrected chi connectivity index (χ2v) is 1.59. The van der Waals surface area contributed by atoms with Crippen LogP contribution in [0.3, 0.4) is 0 Å². The van der Waals surface area contributed by atoms with Crippen molar-refractivity contribution in [1.29, 1.82) is 0 Å². The van der Waals surface area contributed by atoms with Gasteiger partial charge in [0.1, 0.15) is 0 Å². The first-order chi connectivity index (χ1) is 4.66. The number of ether oxygens (including phenoxy) is 2. The highest BCUT2D eigenvalue weighted by molar-refractivity contribution is 5.75. The van der Waals surface area contributed by atoms with Crippen LogP contribution in [0, 0.1) is 0 Å². The van der Waals surface area contributed by atoms with E-state index in [1.165, 1.54) is 6.92 Å². The summed E-state index contributed by atoms with van der Waals surface area (Å²) in [6, 6.07) is 0. The Balaban J connectivity index is 0. The van der Waals surface area contributed by atoms with Gasteiger partial charge in [-0.15, -0.1) is 0 Å². The molecule has 0 bridgehead atoms. The van der Waals surface area contributed by atoms with Gasteiger partial charge in [-0.1, -0.05) is 0 Å². The van der Waals surface area contributed by atoms with E-state index in [1.54, 1.807) is 6.92 Å². The third-order valence-corrected chi connectivity index (χ3v) is 0.699. The van der Waals surface area contributed by atoms with Crippen molar-refractivity contribution in [3.8, 4) is 0 Å². The quantitative estimate of drug-likeness (QED) is 0.406. The first kappa shape index (κ1) is 13.1. The van der Waals surface area contributed by atoms with Gasteiger partial charge in [0.2, 0.25) is 0 Å². The molecule has 0 radical (unpaired) electrons. The van der Waals surface area contributed by atoms with E-state index in [4.69, 9.17) is 0 Å². The minimum atomic E-state index is -0.516. The maximum atomic E-state index is 10.4. The van der Waals surface area contributed by atoms with Gasteiger partial charge >= 0.3 is 11.9 Å². The minimum absolute atomic E-state index is 0. The summed E-state index contributed by atoms with van der Waals surface area (Å²) in [5.41, 5.74) is 0. The van der Waals surface area contributed by atoms with E-state index in [0.29, 0.717) is 6.61 Å². The van der Waals surface area contributed by atoms with Crippen LogP contribution in [-0.4, -0.2) is 42.5 Å². The van der Waals surface area contributed by atoms with Crippen molar-refractivity contribution in [2.24, 2.45) is 0 Å². The fraction of sp³-hybridized carbons (Fsp3) is 0.667. The van der Waals surface area contributed by atoms with Crippen LogP contribution in [0.4, 0.5) is 0 Å². The van der Waals surface area contributed by atoms with E-state index in [2.05, 4.69) is 9.47 Å². The molecule has 0 heterocycles. The maximum Gasteiger partial charge on any atom is 0.344 e. The number of hydrogen-bond donors (Lipinski definition) is 0. The number of carbonyl (C=O) groups excluding carboxylic acids is 2. The normalized spacial score (nSPS) is 7.82. The summed E-state index contributed by atoms with van der Waals surface area (Å²) in [5, 5.41) is 0. The molecule has 0 saturated heterocycles. The summed E-state index contributed by atoms with van der Waals surface area (Å²) >= 11 is 0. The predicted molar refractivity (Wildman–Crippen MR) is 43.2 cm³/mol. The van der Waals surface area contributed by atoms with Crippen LogP contribution in [-0.2, 0) is 19.1 Å². The molecule has 0 aromatic heterocycles. The highest BCUT2D eigenvalue weighted by Crippen LogP contribution is 1.81. The molecule has 4 nitrogen and oxygen atoms in total. The van der Waals surface area contributed by atoms with Crippen molar-refractivity contribution >= 4 is 29.3 Å². The van der Waals surface area contributed by atoms with Gasteiger partial charge in [0.05, 0.1) is 6.61 Å². The number of carbonyl (C=O) groups is 2. The van der Waals surface area contributed by atoms with Crippen molar-refractivity contribution < 1.29 is 19.1 Å². The van der Waals surface area contributed by atoms with E-state index in [1.807, 2.05) is 0 Å². The van der Waals surface area contributed by atoms with Gasteiger partial charge in [-0.25, -0.2) is 4.79 Å². The van der Waals surface area contributed by atoms with Crippen molar-refractivity contribution in [3.05, 3.63) is 0 Å². The summed E-state index contributed by atoms with van der Waals surface area (Å²) in [4.78, 5) is 20.6. The molecule has 64 valence electrons. The van der Waals surface area contributed by atoms with Crippen LogP contribution < -0.4 is 0 Å². The Hall–Kier alpha value is -0.528. The van der Waals surface area contributed by atoms with Crippen molar-refractivity contribution in [3.63, 3.8) is 0 Å². The summed E-state index contributed by atoms with van der Waals surface area (Å²) < 4.78 is 8.82. The lowest BCUT2D eigenvalue weighted by molar-refractivity contribution is -0.157. The van der Waals surface area contributed by atoms with E-state index in [-0.39, 0.29) is 24.0 Å². The van der Waals surface area contributed by atoms with E-state index >= 15 is 0 Å². The van der Waals surface area contributed by atoms with Crippen LogP contribution in [0.2, 0.25) is 0 Å². The van der Waals surface area contributed by atoms with Gasteiger partial charge in [0, 0.05) is 6.92 Å². The molecule has 5 heteroatoms. The molecule has 0 aliphatic heterocycles. The fourth-order valence-corrected chi connectivity index (χ4v) is 0.363. The average molecular weight is 176 g/mol. The van der Waals surface area contributed by atoms with Gasteiger partial charge in [0.15, 0.2) is 24.0 Å². The highest BCUT2D eigenvalue weighted by Gasteiger charge is 2.02. The SMILES string of the molecule is CCOC(=O)COC(C)=O.[AlH3]. The first-order valence-electron chi connectivity index (χ1n) is 2.95. The Bertz CT molecular complexity index is 135. The molecule has 0 aliphatic carbocycles. The fourth-order valence-electron chi connectivity index (χ4n) is 0.363. The molecule has 0 aliphatic rings. The van der Waals surface area contributed by atoms with Crippen LogP contribution in [0.25, 0.3) is 0 Å². The predicted octanol–water partition coefficient (Wildman–Crippen LogP) is -1.07. The van der Waals surface area contributed by atoms with Crippen LogP contribution >= 0.6 is 0 Å². The van der Waals surface area contributed by atoms with Crippen LogP contribution in [0.15, 0.2) is 0 Å². The molecule has 0 unspecified atom stereocenters. The second kappa shape index (κ2) is 7.58. The smallest absolute Gasteiger partial charge is 0.344 e. The molecule has 0 N–H and O–H groups in total. The van der Waals surface area contributed by atoms with Gasteiger partial charge < -0.3 is 9.47 Å². The van der Waals surface area contributed by atoms with Crippen LogP contribution in [0.1, 0.15) is 13.8 Å². The average Bonchev–Trinajstić information content (AvgIpc) is 1.85. The molecule has 0 saturated carbocycles. The largest absolute Gasteiger partial charge is 0.463 e. The van der Waals surface area contributed by atoms with Crippen LogP contribution in [0.5, 0.6) is 0 Å². The molecule has 0 aromatic carbocycles.